The number of sulfonamides is 1. The van der Waals surface area contributed by atoms with Crippen molar-refractivity contribution in [3.05, 3.63) is 16.4 Å². The van der Waals surface area contributed by atoms with Gasteiger partial charge in [0, 0.05) is 13.1 Å². The molecule has 0 aliphatic carbocycles. The number of nitrogens with zero attached hydrogens (tertiary/aromatic N) is 2. The lowest BCUT2D eigenvalue weighted by atomic mass is 10.4. The lowest BCUT2D eigenvalue weighted by Gasteiger charge is -2.06. The van der Waals surface area contributed by atoms with E-state index in [-0.39, 0.29) is 5.75 Å². The molecule has 1 aromatic rings. The molecule has 0 unspecified atom stereocenters. The van der Waals surface area contributed by atoms with Crippen molar-refractivity contribution in [3.63, 3.8) is 0 Å². The molecule has 0 atom stereocenters. The van der Waals surface area contributed by atoms with Crippen LogP contribution in [0, 0.1) is 13.8 Å². The molecule has 98 valence electrons. The predicted molar refractivity (Wildman–Crippen MR) is 68.8 cm³/mol. The van der Waals surface area contributed by atoms with Crippen molar-refractivity contribution in [2.45, 2.75) is 33.7 Å². The SMILES string of the molecule is CCS(=O)(=O)NCCCn1nc(C)c(Cl)c1C. The molecular weight excluding hydrogens is 262 g/mol. The normalized spacial score (nSPS) is 12.0. The molecular formula is C10H18ClN3O2S. The van der Waals surface area contributed by atoms with E-state index in [2.05, 4.69) is 9.82 Å². The van der Waals surface area contributed by atoms with Crippen molar-refractivity contribution in [1.29, 1.82) is 0 Å². The summed E-state index contributed by atoms with van der Waals surface area (Å²) in [6, 6.07) is 0. The largest absolute Gasteiger partial charge is 0.268 e. The second-order valence-corrected chi connectivity index (χ2v) is 6.33. The Morgan fingerprint density at radius 1 is 1.41 bits per heavy atom. The molecule has 0 amide bonds. The standard InChI is InChI=1S/C10H18ClN3O2S/c1-4-17(15,16)12-6-5-7-14-9(3)10(11)8(2)13-14/h12H,4-7H2,1-3H3. The molecule has 0 aliphatic heterocycles. The number of hydrogen-bond donors (Lipinski definition) is 1. The van der Waals surface area contributed by atoms with E-state index in [0.717, 1.165) is 11.4 Å². The van der Waals surface area contributed by atoms with E-state index < -0.39 is 10.0 Å². The average Bonchev–Trinajstić information content (AvgIpc) is 2.52. The van der Waals surface area contributed by atoms with E-state index in [1.54, 1.807) is 11.6 Å². The van der Waals surface area contributed by atoms with Crippen LogP contribution in [0.5, 0.6) is 0 Å². The number of rotatable bonds is 6. The summed E-state index contributed by atoms with van der Waals surface area (Å²) in [5.74, 6) is 0.110. The summed E-state index contributed by atoms with van der Waals surface area (Å²) >= 11 is 6.01. The topological polar surface area (TPSA) is 64.0 Å². The zero-order valence-corrected chi connectivity index (χ0v) is 11.9. The van der Waals surface area contributed by atoms with Crippen LogP contribution in [0.3, 0.4) is 0 Å². The Morgan fingerprint density at radius 3 is 2.53 bits per heavy atom. The maximum atomic E-state index is 11.2. The van der Waals surface area contributed by atoms with E-state index in [1.165, 1.54) is 0 Å². The predicted octanol–water partition coefficient (Wildman–Crippen LogP) is 1.48. The van der Waals surface area contributed by atoms with Gasteiger partial charge < -0.3 is 0 Å². The van der Waals surface area contributed by atoms with Gasteiger partial charge in [-0.25, -0.2) is 13.1 Å². The molecule has 1 heterocycles. The van der Waals surface area contributed by atoms with Gasteiger partial charge >= 0.3 is 0 Å². The van der Waals surface area contributed by atoms with Gasteiger partial charge in [-0.2, -0.15) is 5.10 Å². The molecule has 17 heavy (non-hydrogen) atoms. The summed E-state index contributed by atoms with van der Waals surface area (Å²) in [5.41, 5.74) is 1.72. The molecule has 1 N–H and O–H groups in total. The van der Waals surface area contributed by atoms with Crippen LogP contribution < -0.4 is 4.72 Å². The van der Waals surface area contributed by atoms with Crippen LogP contribution in [0.15, 0.2) is 0 Å². The van der Waals surface area contributed by atoms with Gasteiger partial charge in [-0.1, -0.05) is 11.6 Å². The number of nitrogens with one attached hydrogen (secondary N) is 1. The lowest BCUT2D eigenvalue weighted by molar-refractivity contribution is 0.544. The zero-order chi connectivity index (χ0) is 13.1. The van der Waals surface area contributed by atoms with Gasteiger partial charge in [-0.05, 0) is 27.2 Å². The highest BCUT2D eigenvalue weighted by molar-refractivity contribution is 7.89. The first kappa shape index (κ1) is 14.5. The highest BCUT2D eigenvalue weighted by Crippen LogP contribution is 2.18. The molecule has 0 fully saturated rings. The fourth-order valence-electron chi connectivity index (χ4n) is 1.45. The minimum Gasteiger partial charge on any atom is -0.268 e. The lowest BCUT2D eigenvalue weighted by Crippen LogP contribution is -2.27. The Kier molecular flexibility index (Phi) is 4.97. The van der Waals surface area contributed by atoms with Gasteiger partial charge in [0.05, 0.1) is 22.2 Å². The van der Waals surface area contributed by atoms with Crippen LogP contribution in [0.25, 0.3) is 0 Å². The van der Waals surface area contributed by atoms with E-state index in [9.17, 15) is 8.42 Å². The molecule has 0 saturated carbocycles. The van der Waals surface area contributed by atoms with E-state index in [0.29, 0.717) is 24.5 Å². The van der Waals surface area contributed by atoms with Gasteiger partial charge in [0.1, 0.15) is 0 Å². The van der Waals surface area contributed by atoms with Gasteiger partial charge in [-0.3, -0.25) is 4.68 Å². The van der Waals surface area contributed by atoms with Crippen molar-refractivity contribution >= 4 is 21.6 Å². The van der Waals surface area contributed by atoms with Gasteiger partial charge in [0.2, 0.25) is 10.0 Å². The fraction of sp³-hybridized carbons (Fsp3) is 0.700. The average molecular weight is 280 g/mol. The van der Waals surface area contributed by atoms with Crippen LogP contribution in [-0.4, -0.2) is 30.5 Å². The van der Waals surface area contributed by atoms with Crippen LogP contribution in [0.4, 0.5) is 0 Å². The molecule has 7 heteroatoms. The number of halogens is 1. The first-order chi connectivity index (χ1) is 7.87. The first-order valence-corrected chi connectivity index (χ1v) is 7.57. The van der Waals surface area contributed by atoms with Crippen molar-refractivity contribution in [1.82, 2.24) is 14.5 Å². The maximum absolute atomic E-state index is 11.2. The second kappa shape index (κ2) is 5.84. The summed E-state index contributed by atoms with van der Waals surface area (Å²) in [4.78, 5) is 0. The van der Waals surface area contributed by atoms with E-state index >= 15 is 0 Å². The van der Waals surface area contributed by atoms with Crippen molar-refractivity contribution in [3.8, 4) is 0 Å². The third kappa shape index (κ3) is 3.97. The minimum absolute atomic E-state index is 0.110. The van der Waals surface area contributed by atoms with Crippen LogP contribution >= 0.6 is 11.6 Å². The quantitative estimate of drug-likeness (QED) is 0.803. The molecule has 0 aromatic carbocycles. The van der Waals surface area contributed by atoms with Crippen LogP contribution in [0.1, 0.15) is 24.7 Å². The van der Waals surface area contributed by atoms with Crippen molar-refractivity contribution in [2.24, 2.45) is 0 Å². The summed E-state index contributed by atoms with van der Waals surface area (Å²) in [6.45, 7) is 6.45. The molecule has 0 radical (unpaired) electrons. The third-order valence-electron chi connectivity index (χ3n) is 2.54. The Hall–Kier alpha value is -0.590. The summed E-state index contributed by atoms with van der Waals surface area (Å²) in [5, 5.41) is 4.95. The first-order valence-electron chi connectivity index (χ1n) is 5.54. The number of aryl methyl sites for hydroxylation is 2. The Balaban J connectivity index is 2.44. The molecule has 1 rings (SSSR count). The van der Waals surface area contributed by atoms with Crippen LogP contribution in [0.2, 0.25) is 5.02 Å². The Bertz CT molecular complexity index is 482. The smallest absolute Gasteiger partial charge is 0.211 e. The van der Waals surface area contributed by atoms with E-state index in [4.69, 9.17) is 11.6 Å². The van der Waals surface area contributed by atoms with Gasteiger partial charge in [-0.15, -0.1) is 0 Å². The second-order valence-electron chi connectivity index (χ2n) is 3.86. The van der Waals surface area contributed by atoms with Crippen molar-refractivity contribution < 1.29 is 8.42 Å². The van der Waals surface area contributed by atoms with E-state index in [1.807, 2.05) is 13.8 Å². The van der Waals surface area contributed by atoms with Crippen LogP contribution in [-0.2, 0) is 16.6 Å². The minimum atomic E-state index is -3.09. The molecule has 0 aliphatic rings. The fourth-order valence-corrected chi connectivity index (χ4v) is 2.25. The highest BCUT2D eigenvalue weighted by Gasteiger charge is 2.09. The van der Waals surface area contributed by atoms with Gasteiger partial charge in [0.25, 0.3) is 0 Å². The molecule has 0 spiro atoms. The molecule has 0 bridgehead atoms. The Labute approximate surface area is 107 Å². The summed E-state index contributed by atoms with van der Waals surface area (Å²) in [6.07, 6.45) is 0.692. The molecule has 5 nitrogen and oxygen atoms in total. The summed E-state index contributed by atoms with van der Waals surface area (Å²) in [7, 11) is -3.09. The van der Waals surface area contributed by atoms with Gasteiger partial charge in [0.15, 0.2) is 0 Å². The monoisotopic (exact) mass is 279 g/mol. The highest BCUT2D eigenvalue weighted by atomic mass is 35.5. The Morgan fingerprint density at radius 2 is 2.06 bits per heavy atom. The maximum Gasteiger partial charge on any atom is 0.211 e. The molecule has 1 aromatic heterocycles. The number of hydrogen-bond acceptors (Lipinski definition) is 3. The zero-order valence-electron chi connectivity index (χ0n) is 10.3. The van der Waals surface area contributed by atoms with Crippen molar-refractivity contribution in [2.75, 3.05) is 12.3 Å². The number of aromatic nitrogens is 2. The summed E-state index contributed by atoms with van der Waals surface area (Å²) < 4.78 is 26.7. The third-order valence-corrected chi connectivity index (χ3v) is 4.49. The molecule has 0 saturated heterocycles.